The molecule has 2 aromatic carbocycles. The fourth-order valence-electron chi connectivity index (χ4n) is 2.90. The second kappa shape index (κ2) is 7.47. The number of rotatable bonds is 5. The van der Waals surface area contributed by atoms with Crippen LogP contribution in [0.2, 0.25) is 0 Å². The molecular formula is C19H22N2O4S. The van der Waals surface area contributed by atoms with Crippen LogP contribution in [0.1, 0.15) is 36.2 Å². The van der Waals surface area contributed by atoms with Crippen molar-refractivity contribution >= 4 is 21.7 Å². The molecule has 7 heteroatoms. The molecule has 1 N–H and O–H groups in total. The van der Waals surface area contributed by atoms with E-state index in [0.29, 0.717) is 18.0 Å². The molecule has 138 valence electrons. The molecule has 0 radical (unpaired) electrons. The Morgan fingerprint density at radius 2 is 1.88 bits per heavy atom. The summed E-state index contributed by atoms with van der Waals surface area (Å²) in [5.74, 6) is -0.149. The van der Waals surface area contributed by atoms with E-state index in [0.717, 1.165) is 12.8 Å². The summed E-state index contributed by atoms with van der Waals surface area (Å²) in [5.41, 5.74) is 1.97. The summed E-state index contributed by atoms with van der Waals surface area (Å²) in [7, 11) is -3.63. The van der Waals surface area contributed by atoms with Crippen LogP contribution in [0.25, 0.3) is 0 Å². The second-order valence-electron chi connectivity index (χ2n) is 6.13. The Morgan fingerprint density at radius 3 is 2.54 bits per heavy atom. The van der Waals surface area contributed by atoms with Gasteiger partial charge in [0, 0.05) is 6.54 Å². The first kappa shape index (κ1) is 18.4. The first-order valence-electron chi connectivity index (χ1n) is 8.64. The van der Waals surface area contributed by atoms with Crippen molar-refractivity contribution in [2.75, 3.05) is 18.1 Å². The molecule has 0 spiro atoms. The van der Waals surface area contributed by atoms with Crippen molar-refractivity contribution in [3.63, 3.8) is 0 Å². The lowest BCUT2D eigenvalue weighted by Crippen LogP contribution is -2.43. The van der Waals surface area contributed by atoms with Crippen LogP contribution in [-0.4, -0.2) is 27.6 Å². The van der Waals surface area contributed by atoms with E-state index in [1.807, 2.05) is 24.0 Å². The van der Waals surface area contributed by atoms with Gasteiger partial charge in [-0.05, 0) is 49.2 Å². The van der Waals surface area contributed by atoms with E-state index in [4.69, 9.17) is 4.74 Å². The molecule has 0 aliphatic carbocycles. The molecule has 0 amide bonds. The van der Waals surface area contributed by atoms with Gasteiger partial charge < -0.3 is 9.64 Å². The minimum absolute atomic E-state index is 0.0957. The molecule has 0 aromatic heterocycles. The molecule has 0 unspecified atom stereocenters. The topological polar surface area (TPSA) is 75.7 Å². The number of fused-ring (bicyclic) bond motifs is 1. The van der Waals surface area contributed by atoms with Crippen LogP contribution in [0, 0.1) is 0 Å². The number of hydrogen-bond acceptors (Lipinski definition) is 5. The van der Waals surface area contributed by atoms with Crippen LogP contribution in [0.3, 0.4) is 0 Å². The first-order chi connectivity index (χ1) is 12.4. The summed E-state index contributed by atoms with van der Waals surface area (Å²) in [5, 5.41) is 0. The minimum Gasteiger partial charge on any atom is -0.423 e. The summed E-state index contributed by atoms with van der Waals surface area (Å²) in [6.45, 7) is 4.92. The Hall–Kier alpha value is -2.38. The second-order valence-corrected chi connectivity index (χ2v) is 7.86. The number of esters is 1. The molecule has 0 fully saturated rings. The number of carbonyl (C=O) groups is 1. The molecule has 26 heavy (non-hydrogen) atoms. The summed E-state index contributed by atoms with van der Waals surface area (Å²) in [4.78, 5) is 14.4. The quantitative estimate of drug-likeness (QED) is 0.643. The lowest BCUT2D eigenvalue weighted by Gasteiger charge is -2.30. The van der Waals surface area contributed by atoms with Gasteiger partial charge in [-0.25, -0.2) is 13.2 Å². The largest absolute Gasteiger partial charge is 0.423 e. The molecule has 0 atom stereocenters. The maximum absolute atomic E-state index is 12.4. The Bertz CT molecular complexity index is 908. The monoisotopic (exact) mass is 374 g/mol. The van der Waals surface area contributed by atoms with Gasteiger partial charge in [-0.1, -0.05) is 25.5 Å². The van der Waals surface area contributed by atoms with Crippen molar-refractivity contribution in [3.8, 4) is 5.75 Å². The van der Waals surface area contributed by atoms with Gasteiger partial charge in [-0.3, -0.25) is 0 Å². The third-order valence-corrected chi connectivity index (χ3v) is 5.74. The normalized spacial score (nSPS) is 15.4. The lowest BCUT2D eigenvalue weighted by molar-refractivity contribution is 0.0734. The molecule has 2 aromatic rings. The van der Waals surface area contributed by atoms with E-state index < -0.39 is 16.0 Å². The molecule has 0 saturated carbocycles. The number of carbonyl (C=O) groups excluding carboxylic acids is 1. The molecule has 6 nitrogen and oxygen atoms in total. The number of nitrogens with zero attached hydrogens (tertiary/aromatic N) is 1. The summed E-state index contributed by atoms with van der Waals surface area (Å²) in [6, 6.07) is 12.0. The number of hydrogen-bond donors (Lipinski definition) is 1. The Kier molecular flexibility index (Phi) is 5.29. The predicted molar refractivity (Wildman–Crippen MR) is 100 cm³/mol. The number of aryl methyl sites for hydroxylation is 1. The van der Waals surface area contributed by atoms with E-state index in [1.165, 1.54) is 11.6 Å². The van der Waals surface area contributed by atoms with Crippen LogP contribution < -0.4 is 14.4 Å². The van der Waals surface area contributed by atoms with Gasteiger partial charge in [-0.15, -0.1) is 0 Å². The van der Waals surface area contributed by atoms with Crippen molar-refractivity contribution in [2.45, 2.75) is 31.6 Å². The van der Waals surface area contributed by atoms with E-state index in [-0.39, 0.29) is 17.1 Å². The van der Waals surface area contributed by atoms with Gasteiger partial charge in [0.1, 0.15) is 10.6 Å². The Labute approximate surface area is 153 Å². The highest BCUT2D eigenvalue weighted by molar-refractivity contribution is 7.89. The third-order valence-electron chi connectivity index (χ3n) is 4.33. The van der Waals surface area contributed by atoms with Gasteiger partial charge in [0.2, 0.25) is 10.0 Å². The minimum atomic E-state index is -3.63. The predicted octanol–water partition coefficient (Wildman–Crippen LogP) is 2.93. The molecular weight excluding hydrogens is 352 g/mol. The van der Waals surface area contributed by atoms with Crippen LogP contribution in [0.5, 0.6) is 5.75 Å². The van der Waals surface area contributed by atoms with Crippen LogP contribution in [0.4, 0.5) is 5.69 Å². The molecule has 0 saturated heterocycles. The number of sulfonamides is 1. The average molecular weight is 374 g/mol. The highest BCUT2D eigenvalue weighted by atomic mass is 32.2. The fraction of sp³-hybridized carbons (Fsp3) is 0.316. The number of benzene rings is 2. The average Bonchev–Trinajstić information content (AvgIpc) is 2.63. The van der Waals surface area contributed by atoms with Crippen LogP contribution in [0.15, 0.2) is 47.4 Å². The van der Waals surface area contributed by atoms with Crippen molar-refractivity contribution < 1.29 is 17.9 Å². The molecule has 1 heterocycles. The zero-order valence-electron chi connectivity index (χ0n) is 14.9. The van der Waals surface area contributed by atoms with Gasteiger partial charge in [0.05, 0.1) is 17.9 Å². The van der Waals surface area contributed by atoms with E-state index in [2.05, 4.69) is 11.6 Å². The van der Waals surface area contributed by atoms with Crippen LogP contribution in [-0.2, 0) is 16.4 Å². The highest BCUT2D eigenvalue weighted by Gasteiger charge is 2.28. The third kappa shape index (κ3) is 3.73. The summed E-state index contributed by atoms with van der Waals surface area (Å²) in [6.07, 6.45) is 2.02. The molecule has 1 aliphatic rings. The fourth-order valence-corrected chi connectivity index (χ4v) is 4.14. The van der Waals surface area contributed by atoms with Crippen molar-refractivity contribution in [1.82, 2.24) is 4.72 Å². The van der Waals surface area contributed by atoms with Crippen molar-refractivity contribution in [2.24, 2.45) is 0 Å². The standard InChI is InChI=1S/C19H22N2O4S/c1-3-5-14-6-9-16(10-7-14)25-19(22)15-8-11-17-18(12-15)26(23,24)20-13-21(17)4-2/h6-12,20H,3-5,13H2,1-2H3. The Balaban J connectivity index is 1.84. The Morgan fingerprint density at radius 1 is 1.15 bits per heavy atom. The SMILES string of the molecule is CCCc1ccc(OC(=O)c2ccc3c(c2)S(=O)(=O)NCN3CC)cc1. The summed E-state index contributed by atoms with van der Waals surface area (Å²) >= 11 is 0. The zero-order valence-corrected chi connectivity index (χ0v) is 15.7. The van der Waals surface area contributed by atoms with E-state index in [1.54, 1.807) is 24.3 Å². The van der Waals surface area contributed by atoms with Gasteiger partial charge in [0.25, 0.3) is 0 Å². The first-order valence-corrected chi connectivity index (χ1v) is 10.1. The number of anilines is 1. The highest BCUT2D eigenvalue weighted by Crippen LogP contribution is 2.29. The molecule has 3 rings (SSSR count). The number of nitrogens with one attached hydrogen (secondary N) is 1. The summed E-state index contributed by atoms with van der Waals surface area (Å²) < 4.78 is 32.4. The van der Waals surface area contributed by atoms with Gasteiger partial charge >= 0.3 is 5.97 Å². The molecule has 1 aliphatic heterocycles. The van der Waals surface area contributed by atoms with E-state index in [9.17, 15) is 13.2 Å². The van der Waals surface area contributed by atoms with Crippen LogP contribution >= 0.6 is 0 Å². The van der Waals surface area contributed by atoms with Gasteiger partial charge in [0.15, 0.2) is 0 Å². The van der Waals surface area contributed by atoms with Crippen molar-refractivity contribution in [3.05, 3.63) is 53.6 Å². The maximum atomic E-state index is 12.4. The number of ether oxygens (including phenoxy) is 1. The zero-order chi connectivity index (χ0) is 18.7. The van der Waals surface area contributed by atoms with Crippen molar-refractivity contribution in [1.29, 1.82) is 0 Å². The lowest BCUT2D eigenvalue weighted by atomic mass is 10.1. The maximum Gasteiger partial charge on any atom is 0.343 e. The van der Waals surface area contributed by atoms with Gasteiger partial charge in [-0.2, -0.15) is 4.72 Å². The smallest absolute Gasteiger partial charge is 0.343 e. The van der Waals surface area contributed by atoms with E-state index >= 15 is 0 Å². The molecule has 0 bridgehead atoms.